The summed E-state index contributed by atoms with van der Waals surface area (Å²) >= 11 is 0. The fourth-order valence-electron chi connectivity index (χ4n) is 1.10. The Bertz CT molecular complexity index is 221. The summed E-state index contributed by atoms with van der Waals surface area (Å²) in [5.74, 6) is 0.824. The van der Waals surface area contributed by atoms with Crippen molar-refractivity contribution in [2.24, 2.45) is 17.4 Å². The minimum absolute atomic E-state index is 0.640. The van der Waals surface area contributed by atoms with Crippen LogP contribution in [0.25, 0.3) is 0 Å². The summed E-state index contributed by atoms with van der Waals surface area (Å²) in [4.78, 5) is 0. The third kappa shape index (κ3) is 8.16. The van der Waals surface area contributed by atoms with E-state index < -0.39 is 0 Å². The maximum atomic E-state index is 5.35. The van der Waals surface area contributed by atoms with Crippen LogP contribution in [-0.2, 0) is 6.54 Å². The van der Waals surface area contributed by atoms with Gasteiger partial charge in [0.25, 0.3) is 0 Å². The molecule has 0 bridgehead atoms. The average molecular weight is 208 g/mol. The minimum Gasteiger partial charge on any atom is -0.330 e. The van der Waals surface area contributed by atoms with E-state index in [0.717, 1.165) is 12.5 Å². The highest BCUT2D eigenvalue weighted by atomic mass is 14.5. The van der Waals surface area contributed by atoms with Crippen molar-refractivity contribution in [1.29, 1.82) is 0 Å². The number of benzene rings is 1. The Morgan fingerprint density at radius 3 is 2.00 bits per heavy atom. The first-order chi connectivity index (χ1) is 7.24. The molecule has 0 radical (unpaired) electrons. The van der Waals surface area contributed by atoms with Crippen LogP contribution < -0.4 is 11.5 Å². The Labute approximate surface area is 93.7 Å². The summed E-state index contributed by atoms with van der Waals surface area (Å²) in [7, 11) is 0. The Morgan fingerprint density at radius 1 is 1.13 bits per heavy atom. The molecule has 2 nitrogen and oxygen atoms in total. The Kier molecular flexibility index (Phi) is 9.13. The van der Waals surface area contributed by atoms with Gasteiger partial charge in [-0.15, -0.1) is 0 Å². The Hall–Kier alpha value is -0.860. The first-order valence-electron chi connectivity index (χ1n) is 5.68. The zero-order chi connectivity index (χ0) is 11.5. The second kappa shape index (κ2) is 9.69. The molecule has 0 heterocycles. The molecule has 1 unspecified atom stereocenters. The van der Waals surface area contributed by atoms with Crippen molar-refractivity contribution in [1.82, 2.24) is 0 Å². The van der Waals surface area contributed by atoms with Crippen LogP contribution in [0.5, 0.6) is 0 Å². The molecule has 0 amide bonds. The standard InChI is InChI=1S/C7H9N.C6H15N/c8-6-7-4-2-1-3-5-7;1-3-6(2)4-5-7/h1-5H,6,8H2;6H,3-5,7H2,1-2H3. The fourth-order valence-corrected chi connectivity index (χ4v) is 1.10. The van der Waals surface area contributed by atoms with Crippen LogP contribution >= 0.6 is 0 Å². The van der Waals surface area contributed by atoms with Gasteiger partial charge in [0.05, 0.1) is 0 Å². The molecule has 1 aromatic rings. The highest BCUT2D eigenvalue weighted by Crippen LogP contribution is 2.02. The molecular weight excluding hydrogens is 184 g/mol. The van der Waals surface area contributed by atoms with Crippen LogP contribution in [0.3, 0.4) is 0 Å². The summed E-state index contributed by atoms with van der Waals surface area (Å²) in [6.07, 6.45) is 2.44. The minimum atomic E-state index is 0.640. The summed E-state index contributed by atoms with van der Waals surface area (Å²) < 4.78 is 0. The highest BCUT2D eigenvalue weighted by molar-refractivity contribution is 5.13. The lowest BCUT2D eigenvalue weighted by molar-refractivity contribution is 0.524. The molecule has 1 rings (SSSR count). The SMILES string of the molecule is CCC(C)CCN.NCc1ccccc1. The van der Waals surface area contributed by atoms with E-state index in [-0.39, 0.29) is 0 Å². The van der Waals surface area contributed by atoms with E-state index in [4.69, 9.17) is 11.5 Å². The van der Waals surface area contributed by atoms with Crippen molar-refractivity contribution in [2.45, 2.75) is 33.2 Å². The molecule has 0 fully saturated rings. The van der Waals surface area contributed by atoms with Crippen LogP contribution in [0.1, 0.15) is 32.3 Å². The van der Waals surface area contributed by atoms with Crippen molar-refractivity contribution in [3.05, 3.63) is 35.9 Å². The second-order valence-corrected chi connectivity index (χ2v) is 3.78. The van der Waals surface area contributed by atoms with E-state index in [9.17, 15) is 0 Å². The Morgan fingerprint density at radius 2 is 1.73 bits per heavy atom. The predicted octanol–water partition coefficient (Wildman–Crippen LogP) is 2.53. The molecule has 1 atom stereocenters. The summed E-state index contributed by atoms with van der Waals surface area (Å²) in [5.41, 5.74) is 11.8. The van der Waals surface area contributed by atoms with Gasteiger partial charge in [0.1, 0.15) is 0 Å². The van der Waals surface area contributed by atoms with Crippen LogP contribution in [0.4, 0.5) is 0 Å². The van der Waals surface area contributed by atoms with E-state index in [1.807, 2.05) is 30.3 Å². The number of rotatable bonds is 4. The molecule has 4 N–H and O–H groups in total. The lowest BCUT2D eigenvalue weighted by atomic mass is 10.1. The molecule has 0 aliphatic carbocycles. The quantitative estimate of drug-likeness (QED) is 0.799. The monoisotopic (exact) mass is 208 g/mol. The van der Waals surface area contributed by atoms with Gasteiger partial charge in [-0.3, -0.25) is 0 Å². The molecule has 0 aromatic heterocycles. The Balaban J connectivity index is 0.000000265. The van der Waals surface area contributed by atoms with E-state index in [0.29, 0.717) is 6.54 Å². The topological polar surface area (TPSA) is 52.0 Å². The average Bonchev–Trinajstić information content (AvgIpc) is 2.31. The van der Waals surface area contributed by atoms with Gasteiger partial charge < -0.3 is 11.5 Å². The first-order valence-corrected chi connectivity index (χ1v) is 5.68. The summed E-state index contributed by atoms with van der Waals surface area (Å²) in [6, 6.07) is 9.99. The van der Waals surface area contributed by atoms with Crippen molar-refractivity contribution in [3.63, 3.8) is 0 Å². The molecule has 1 aromatic carbocycles. The molecule has 0 aliphatic rings. The first kappa shape index (κ1) is 14.1. The van der Waals surface area contributed by atoms with Crippen molar-refractivity contribution in [2.75, 3.05) is 6.54 Å². The van der Waals surface area contributed by atoms with Crippen LogP contribution in [-0.4, -0.2) is 6.54 Å². The molecule has 0 saturated heterocycles. The van der Waals surface area contributed by atoms with Gasteiger partial charge in [-0.1, -0.05) is 50.6 Å². The molecule has 2 heteroatoms. The van der Waals surface area contributed by atoms with Gasteiger partial charge in [0, 0.05) is 6.54 Å². The van der Waals surface area contributed by atoms with Gasteiger partial charge in [-0.2, -0.15) is 0 Å². The van der Waals surface area contributed by atoms with Crippen LogP contribution in [0.15, 0.2) is 30.3 Å². The largest absolute Gasteiger partial charge is 0.330 e. The smallest absolute Gasteiger partial charge is 0.0178 e. The molecular formula is C13H24N2. The van der Waals surface area contributed by atoms with Gasteiger partial charge in [0.15, 0.2) is 0 Å². The van der Waals surface area contributed by atoms with Gasteiger partial charge in [-0.05, 0) is 24.4 Å². The lowest BCUT2D eigenvalue weighted by Crippen LogP contribution is -2.04. The number of hydrogen-bond donors (Lipinski definition) is 2. The third-order valence-corrected chi connectivity index (χ3v) is 2.43. The van der Waals surface area contributed by atoms with Gasteiger partial charge >= 0.3 is 0 Å². The van der Waals surface area contributed by atoms with E-state index in [1.165, 1.54) is 18.4 Å². The van der Waals surface area contributed by atoms with E-state index in [2.05, 4.69) is 13.8 Å². The second-order valence-electron chi connectivity index (χ2n) is 3.78. The molecule has 0 spiro atoms. The van der Waals surface area contributed by atoms with Crippen molar-refractivity contribution in [3.8, 4) is 0 Å². The predicted molar refractivity (Wildman–Crippen MR) is 67.5 cm³/mol. The number of hydrogen-bond acceptors (Lipinski definition) is 2. The van der Waals surface area contributed by atoms with Crippen molar-refractivity contribution < 1.29 is 0 Å². The third-order valence-electron chi connectivity index (χ3n) is 2.43. The maximum Gasteiger partial charge on any atom is 0.0178 e. The fraction of sp³-hybridized carbons (Fsp3) is 0.538. The van der Waals surface area contributed by atoms with Crippen LogP contribution in [0.2, 0.25) is 0 Å². The number of nitrogens with two attached hydrogens (primary N) is 2. The lowest BCUT2D eigenvalue weighted by Gasteiger charge is -2.02. The molecule has 0 aliphatic heterocycles. The zero-order valence-corrected chi connectivity index (χ0v) is 9.95. The summed E-state index contributed by atoms with van der Waals surface area (Å²) in [5, 5.41) is 0. The van der Waals surface area contributed by atoms with Gasteiger partial charge in [-0.25, -0.2) is 0 Å². The maximum absolute atomic E-state index is 5.35. The highest BCUT2D eigenvalue weighted by Gasteiger charge is 1.92. The van der Waals surface area contributed by atoms with Crippen LogP contribution in [0, 0.1) is 5.92 Å². The summed E-state index contributed by atoms with van der Waals surface area (Å²) in [6.45, 7) is 5.91. The zero-order valence-electron chi connectivity index (χ0n) is 9.95. The van der Waals surface area contributed by atoms with Crippen molar-refractivity contribution >= 4 is 0 Å². The molecule has 0 saturated carbocycles. The van der Waals surface area contributed by atoms with E-state index >= 15 is 0 Å². The normalized spacial score (nSPS) is 11.5. The molecule has 15 heavy (non-hydrogen) atoms. The van der Waals surface area contributed by atoms with Gasteiger partial charge in [0.2, 0.25) is 0 Å². The molecule has 86 valence electrons. The van der Waals surface area contributed by atoms with E-state index in [1.54, 1.807) is 0 Å².